The van der Waals surface area contributed by atoms with Gasteiger partial charge in [0.25, 0.3) is 0 Å². The van der Waals surface area contributed by atoms with Crippen molar-refractivity contribution < 1.29 is 43.0 Å². The van der Waals surface area contributed by atoms with Crippen molar-refractivity contribution in [3.05, 3.63) is 122 Å². The summed E-state index contributed by atoms with van der Waals surface area (Å²) in [6, 6.07) is 0. The minimum atomic E-state index is -4.55. The number of phosphoric ester groups is 1. The van der Waals surface area contributed by atoms with Crippen molar-refractivity contribution in [2.75, 3.05) is 33.0 Å². The number of carbonyl (C=O) groups is 1. The lowest BCUT2D eigenvalue weighted by Crippen LogP contribution is -2.29. The third-order valence-electron chi connectivity index (χ3n) is 10.1. The zero-order chi connectivity index (χ0) is 48.1. The van der Waals surface area contributed by atoms with Crippen LogP contribution in [0.25, 0.3) is 0 Å². The molecule has 0 aliphatic carbocycles. The molecule has 0 aromatic heterocycles. The lowest BCUT2D eigenvalue weighted by Gasteiger charge is -2.20. The number of hydrogen-bond donors (Lipinski definition) is 3. The van der Waals surface area contributed by atoms with Gasteiger partial charge in [-0.15, -0.1) is 0 Å². The van der Waals surface area contributed by atoms with E-state index in [2.05, 4.69) is 129 Å². The maximum absolute atomic E-state index is 12.7. The van der Waals surface area contributed by atoms with Crippen LogP contribution in [0.2, 0.25) is 0 Å². The minimum Gasteiger partial charge on any atom is -0.457 e. The van der Waals surface area contributed by atoms with Crippen molar-refractivity contribution in [1.82, 2.24) is 0 Å². The zero-order valence-corrected chi connectivity index (χ0v) is 42.3. The Morgan fingerprint density at radius 3 is 1.30 bits per heavy atom. The zero-order valence-electron chi connectivity index (χ0n) is 41.4. The fourth-order valence-electron chi connectivity index (χ4n) is 6.29. The lowest BCUT2D eigenvalue weighted by atomic mass is 10.1. The van der Waals surface area contributed by atoms with E-state index >= 15 is 0 Å². The van der Waals surface area contributed by atoms with E-state index in [1.807, 2.05) is 6.08 Å². The summed E-state index contributed by atoms with van der Waals surface area (Å²) in [5.74, 6) is -0.448. The molecular weight excluding hydrogens is 848 g/mol. The first-order valence-corrected chi connectivity index (χ1v) is 27.0. The van der Waals surface area contributed by atoms with E-state index in [1.54, 1.807) is 0 Å². The van der Waals surface area contributed by atoms with Crippen LogP contribution in [0.4, 0.5) is 0 Å². The molecular formula is C56H93O9P. The van der Waals surface area contributed by atoms with E-state index in [0.717, 1.165) is 89.9 Å². The summed E-state index contributed by atoms with van der Waals surface area (Å²) < 4.78 is 33.4. The van der Waals surface area contributed by atoms with Crippen LogP contribution in [0.15, 0.2) is 122 Å². The quantitative estimate of drug-likeness (QED) is 0.0236. The van der Waals surface area contributed by atoms with E-state index in [1.165, 1.54) is 64.2 Å². The number of hydrogen-bond acceptors (Lipinski definition) is 8. The molecule has 0 bridgehead atoms. The molecule has 0 saturated heterocycles. The second-order valence-corrected chi connectivity index (χ2v) is 17.9. The normalized spacial score (nSPS) is 14.8. The number of aliphatic hydroxyl groups excluding tert-OH is 2. The van der Waals surface area contributed by atoms with E-state index in [-0.39, 0.29) is 13.0 Å². The van der Waals surface area contributed by atoms with Gasteiger partial charge in [0.05, 0.1) is 26.4 Å². The highest BCUT2D eigenvalue weighted by atomic mass is 31.2. The van der Waals surface area contributed by atoms with Gasteiger partial charge in [0, 0.05) is 13.0 Å². The van der Waals surface area contributed by atoms with Gasteiger partial charge in [-0.2, -0.15) is 0 Å². The standard InChI is InChI=1S/C56H93O9P/c1-3-5-7-9-11-13-15-17-19-21-23-25-27-28-30-32-34-36-38-40-42-44-46-48-56(59)65-55(53-64-66(60,61)63-51-54(58)50-57)52-62-49-47-45-43-41-39-37-35-33-31-29-26-24-22-20-18-16-14-12-10-8-6-4-2/h5,7,11,13,16-19,22-25,28-31,34,36,40,42,54-55,57-58H,3-4,6,8-10,12,14-15,20-21,26-27,32-33,35,37-39,41,43-53H2,1-2H3,(H,60,61)/b7-5-,13-11-,18-16-,19-17-,24-22-,25-23-,30-28-,31-29-,36-34-,42-40-. The molecule has 0 radical (unpaired) electrons. The highest BCUT2D eigenvalue weighted by molar-refractivity contribution is 7.47. The van der Waals surface area contributed by atoms with Crippen LogP contribution in [0.1, 0.15) is 181 Å². The number of phosphoric acid groups is 1. The Labute approximate surface area is 402 Å². The lowest BCUT2D eigenvalue weighted by molar-refractivity contribution is -0.154. The first kappa shape index (κ1) is 62.9. The number of rotatable bonds is 47. The van der Waals surface area contributed by atoms with Crippen LogP contribution in [-0.2, 0) is 27.9 Å². The third-order valence-corrected chi connectivity index (χ3v) is 11.1. The average Bonchev–Trinajstić information content (AvgIpc) is 3.31. The molecule has 3 atom stereocenters. The van der Waals surface area contributed by atoms with Crippen molar-refractivity contribution in [3.63, 3.8) is 0 Å². The van der Waals surface area contributed by atoms with Crippen LogP contribution in [0, 0.1) is 0 Å². The first-order chi connectivity index (χ1) is 32.3. The second-order valence-electron chi connectivity index (χ2n) is 16.4. The topological polar surface area (TPSA) is 132 Å². The molecule has 0 rings (SSSR count). The molecule has 0 spiro atoms. The van der Waals surface area contributed by atoms with E-state index in [0.29, 0.717) is 13.0 Å². The highest BCUT2D eigenvalue weighted by Gasteiger charge is 2.26. The summed E-state index contributed by atoms with van der Waals surface area (Å²) in [6.07, 6.45) is 68.8. The Hall–Kier alpha value is -3.14. The Balaban J connectivity index is 4.26. The van der Waals surface area contributed by atoms with E-state index in [4.69, 9.17) is 23.6 Å². The van der Waals surface area contributed by atoms with Crippen molar-refractivity contribution in [2.45, 2.75) is 193 Å². The molecule has 3 N–H and O–H groups in total. The molecule has 10 heteroatoms. The molecule has 0 fully saturated rings. The number of ether oxygens (including phenoxy) is 2. The largest absolute Gasteiger partial charge is 0.472 e. The van der Waals surface area contributed by atoms with E-state index < -0.39 is 45.8 Å². The molecule has 9 nitrogen and oxygen atoms in total. The molecule has 0 amide bonds. The Morgan fingerprint density at radius 1 is 0.485 bits per heavy atom. The first-order valence-electron chi connectivity index (χ1n) is 25.5. The number of aliphatic hydroxyl groups is 2. The Morgan fingerprint density at radius 2 is 0.864 bits per heavy atom. The summed E-state index contributed by atoms with van der Waals surface area (Å²) in [7, 11) is -4.55. The maximum Gasteiger partial charge on any atom is 0.472 e. The molecule has 66 heavy (non-hydrogen) atoms. The molecule has 0 aromatic rings. The van der Waals surface area contributed by atoms with Crippen molar-refractivity contribution >= 4 is 13.8 Å². The van der Waals surface area contributed by atoms with Crippen molar-refractivity contribution in [3.8, 4) is 0 Å². The predicted octanol–water partition coefficient (Wildman–Crippen LogP) is 15.1. The summed E-state index contributed by atoms with van der Waals surface area (Å²) in [5, 5.41) is 18.4. The summed E-state index contributed by atoms with van der Waals surface area (Å²) in [4.78, 5) is 22.7. The van der Waals surface area contributed by atoms with Crippen molar-refractivity contribution in [2.24, 2.45) is 0 Å². The number of esters is 1. The van der Waals surface area contributed by atoms with Gasteiger partial charge in [0.15, 0.2) is 0 Å². The summed E-state index contributed by atoms with van der Waals surface area (Å²) in [6.45, 7) is 3.27. The molecule has 0 aliphatic heterocycles. The third kappa shape index (κ3) is 50.3. The summed E-state index contributed by atoms with van der Waals surface area (Å²) in [5.41, 5.74) is 0. The molecule has 376 valence electrons. The monoisotopic (exact) mass is 941 g/mol. The minimum absolute atomic E-state index is 0.0104. The maximum atomic E-state index is 12.7. The van der Waals surface area contributed by atoms with E-state index in [9.17, 15) is 19.4 Å². The van der Waals surface area contributed by atoms with Crippen molar-refractivity contribution in [1.29, 1.82) is 0 Å². The van der Waals surface area contributed by atoms with Gasteiger partial charge in [-0.3, -0.25) is 13.8 Å². The molecule has 3 unspecified atom stereocenters. The SMILES string of the molecule is CC/C=C\C/C=C\C/C=C\C/C=C\C/C=C\C/C=C\C/C=C\CCCC(=O)OC(COCCCCCCCCC/C=C\C/C=C\C/C=C\CCCCCCC)COP(=O)(O)OCC(O)CO. The fraction of sp³-hybridized carbons (Fsp3) is 0.625. The molecule has 0 heterocycles. The van der Waals surface area contributed by atoms with Gasteiger partial charge in [-0.1, -0.05) is 193 Å². The molecule has 0 aromatic carbocycles. The number of unbranched alkanes of at least 4 members (excludes halogenated alkanes) is 13. The smallest absolute Gasteiger partial charge is 0.457 e. The number of carbonyl (C=O) groups excluding carboxylic acids is 1. The Bertz CT molecular complexity index is 1440. The second kappa shape index (κ2) is 51.3. The molecule has 0 saturated carbocycles. The van der Waals surface area contributed by atoms with Gasteiger partial charge >= 0.3 is 13.8 Å². The average molecular weight is 941 g/mol. The number of allylic oxidation sites excluding steroid dienone is 20. The van der Waals surface area contributed by atoms with Gasteiger partial charge < -0.3 is 24.6 Å². The van der Waals surface area contributed by atoms with Crippen LogP contribution in [0.3, 0.4) is 0 Å². The summed E-state index contributed by atoms with van der Waals surface area (Å²) >= 11 is 0. The van der Waals surface area contributed by atoms with Gasteiger partial charge in [-0.05, 0) is 103 Å². The van der Waals surface area contributed by atoms with Gasteiger partial charge in [0.2, 0.25) is 0 Å². The predicted molar refractivity (Wildman–Crippen MR) is 278 cm³/mol. The van der Waals surface area contributed by atoms with Crippen LogP contribution < -0.4 is 0 Å². The highest BCUT2D eigenvalue weighted by Crippen LogP contribution is 2.43. The van der Waals surface area contributed by atoms with Crippen LogP contribution >= 0.6 is 7.82 Å². The Kier molecular flexibility index (Phi) is 48.8. The van der Waals surface area contributed by atoms with Crippen LogP contribution in [0.5, 0.6) is 0 Å². The van der Waals surface area contributed by atoms with Gasteiger partial charge in [0.1, 0.15) is 12.2 Å². The van der Waals surface area contributed by atoms with Gasteiger partial charge in [-0.25, -0.2) is 4.57 Å². The molecule has 0 aliphatic rings. The van der Waals surface area contributed by atoms with Crippen LogP contribution in [-0.4, -0.2) is 66.3 Å². The fourth-order valence-corrected chi connectivity index (χ4v) is 7.08.